The first-order chi connectivity index (χ1) is 11.2. The Morgan fingerprint density at radius 1 is 1.25 bits per heavy atom. The second-order valence-electron chi connectivity index (χ2n) is 6.28. The first-order valence-electron chi connectivity index (χ1n) is 7.72. The highest BCUT2D eigenvalue weighted by molar-refractivity contribution is 5.62. The van der Waals surface area contributed by atoms with E-state index in [9.17, 15) is 22.0 Å². The van der Waals surface area contributed by atoms with Gasteiger partial charge < -0.3 is 9.64 Å². The third-order valence-corrected chi connectivity index (χ3v) is 4.51. The standard InChI is InChI=1S/C15H18F5N3O/c1-8(2)22-3-4-23-9(6-22)7-24-12-11(13(16)17)10(15(18,19)20)5-21-14(12)23/h5,8-9,13H,3-4,6-7H2,1-2H3/t9-/m1/s1. The first kappa shape index (κ1) is 17.2. The number of hydrogen-bond donors (Lipinski definition) is 0. The predicted molar refractivity (Wildman–Crippen MR) is 77.5 cm³/mol. The van der Waals surface area contributed by atoms with Crippen LogP contribution in [0.3, 0.4) is 0 Å². The molecule has 1 atom stereocenters. The average Bonchev–Trinajstić information content (AvgIpc) is 2.51. The van der Waals surface area contributed by atoms with Gasteiger partial charge in [0.2, 0.25) is 0 Å². The van der Waals surface area contributed by atoms with Gasteiger partial charge in [0.1, 0.15) is 6.61 Å². The Balaban J connectivity index is 2.00. The molecule has 1 aromatic heterocycles. The van der Waals surface area contributed by atoms with Crippen molar-refractivity contribution in [3.05, 3.63) is 17.3 Å². The van der Waals surface area contributed by atoms with Crippen molar-refractivity contribution in [1.29, 1.82) is 0 Å². The maximum atomic E-state index is 13.3. The highest BCUT2D eigenvalue weighted by Gasteiger charge is 2.43. The Kier molecular flexibility index (Phi) is 4.31. The van der Waals surface area contributed by atoms with Gasteiger partial charge in [-0.3, -0.25) is 4.90 Å². The summed E-state index contributed by atoms with van der Waals surface area (Å²) in [5, 5.41) is 0. The summed E-state index contributed by atoms with van der Waals surface area (Å²) in [6, 6.07) is 0.217. The first-order valence-corrected chi connectivity index (χ1v) is 7.72. The number of ether oxygens (including phenoxy) is 1. The van der Waals surface area contributed by atoms with Crippen LogP contribution in [0.25, 0.3) is 0 Å². The Bertz CT molecular complexity index is 620. The Morgan fingerprint density at radius 3 is 2.54 bits per heavy atom. The molecule has 1 fully saturated rings. The largest absolute Gasteiger partial charge is 0.487 e. The smallest absolute Gasteiger partial charge is 0.418 e. The fourth-order valence-corrected chi connectivity index (χ4v) is 3.24. The molecule has 1 saturated heterocycles. The summed E-state index contributed by atoms with van der Waals surface area (Å²) >= 11 is 0. The van der Waals surface area contributed by atoms with Gasteiger partial charge in [-0.05, 0) is 13.8 Å². The summed E-state index contributed by atoms with van der Waals surface area (Å²) in [6.07, 6.45) is -7.70. The lowest BCUT2D eigenvalue weighted by atomic mass is 10.0. The number of nitrogens with zero attached hydrogens (tertiary/aromatic N) is 3. The van der Waals surface area contributed by atoms with E-state index in [1.165, 1.54) is 0 Å². The summed E-state index contributed by atoms with van der Waals surface area (Å²) in [5.41, 5.74) is -2.55. The number of anilines is 1. The summed E-state index contributed by atoms with van der Waals surface area (Å²) < 4.78 is 71.0. The zero-order chi connectivity index (χ0) is 17.6. The fourth-order valence-electron chi connectivity index (χ4n) is 3.24. The molecule has 0 amide bonds. The van der Waals surface area contributed by atoms with Crippen LogP contribution >= 0.6 is 0 Å². The Labute approximate surface area is 136 Å². The molecule has 9 heteroatoms. The number of halogens is 5. The summed E-state index contributed by atoms with van der Waals surface area (Å²) in [4.78, 5) is 7.81. The zero-order valence-corrected chi connectivity index (χ0v) is 13.3. The lowest BCUT2D eigenvalue weighted by Crippen LogP contribution is -2.58. The van der Waals surface area contributed by atoms with Gasteiger partial charge in [-0.1, -0.05) is 0 Å². The fraction of sp³-hybridized carbons (Fsp3) is 0.667. The molecule has 0 radical (unpaired) electrons. The summed E-state index contributed by atoms with van der Waals surface area (Å²) in [6.45, 7) is 6.04. The van der Waals surface area contributed by atoms with Crippen LogP contribution in [0.4, 0.5) is 27.8 Å². The highest BCUT2D eigenvalue weighted by atomic mass is 19.4. The lowest BCUT2D eigenvalue weighted by molar-refractivity contribution is -0.140. The molecular weight excluding hydrogens is 333 g/mol. The molecule has 0 aromatic carbocycles. The molecule has 0 unspecified atom stereocenters. The van der Waals surface area contributed by atoms with Crippen molar-refractivity contribution < 1.29 is 26.7 Å². The summed E-state index contributed by atoms with van der Waals surface area (Å²) in [5.74, 6) is -0.355. The number of fused-ring (bicyclic) bond motifs is 3. The van der Waals surface area contributed by atoms with Gasteiger partial charge in [0.05, 0.1) is 17.2 Å². The minimum absolute atomic E-state index is 0.0684. The monoisotopic (exact) mass is 351 g/mol. The predicted octanol–water partition coefficient (Wildman–Crippen LogP) is 3.33. The van der Waals surface area contributed by atoms with E-state index in [1.807, 2.05) is 0 Å². The van der Waals surface area contributed by atoms with Crippen molar-refractivity contribution in [1.82, 2.24) is 9.88 Å². The molecule has 1 aromatic rings. The molecule has 0 bridgehead atoms. The van der Waals surface area contributed by atoms with Crippen LogP contribution < -0.4 is 9.64 Å². The minimum atomic E-state index is -4.90. The maximum absolute atomic E-state index is 13.3. The van der Waals surface area contributed by atoms with Gasteiger partial charge in [-0.25, -0.2) is 13.8 Å². The van der Waals surface area contributed by atoms with Crippen molar-refractivity contribution >= 4 is 5.82 Å². The van der Waals surface area contributed by atoms with Crippen LogP contribution in [0.2, 0.25) is 0 Å². The molecule has 2 aliphatic heterocycles. The van der Waals surface area contributed by atoms with Crippen molar-refractivity contribution in [3.63, 3.8) is 0 Å². The van der Waals surface area contributed by atoms with Crippen molar-refractivity contribution in [2.45, 2.75) is 38.5 Å². The maximum Gasteiger partial charge on any atom is 0.418 e. The van der Waals surface area contributed by atoms with Gasteiger partial charge in [0.25, 0.3) is 6.43 Å². The number of rotatable bonds is 2. The van der Waals surface area contributed by atoms with Crippen LogP contribution in [-0.4, -0.2) is 48.2 Å². The van der Waals surface area contributed by atoms with E-state index in [0.717, 1.165) is 0 Å². The van der Waals surface area contributed by atoms with Gasteiger partial charge in [-0.15, -0.1) is 0 Å². The number of aromatic nitrogens is 1. The second kappa shape index (κ2) is 6.02. The summed E-state index contributed by atoms with van der Waals surface area (Å²) in [7, 11) is 0. The van der Waals surface area contributed by atoms with Crippen LogP contribution in [0.1, 0.15) is 31.4 Å². The minimum Gasteiger partial charge on any atom is -0.487 e. The number of pyridine rings is 1. The van der Waals surface area contributed by atoms with E-state index < -0.39 is 29.5 Å². The van der Waals surface area contributed by atoms with Gasteiger partial charge >= 0.3 is 6.18 Å². The number of hydrogen-bond acceptors (Lipinski definition) is 4. The van der Waals surface area contributed by atoms with Crippen LogP contribution in [-0.2, 0) is 6.18 Å². The molecule has 2 aliphatic rings. The molecule has 0 N–H and O–H groups in total. The van der Waals surface area contributed by atoms with Gasteiger partial charge in [0.15, 0.2) is 11.6 Å². The SMILES string of the molecule is CC(C)N1CCN2c3ncc(C(F)(F)F)c(C(F)F)c3OC[C@H]2C1. The Hall–Kier alpha value is -1.64. The second-order valence-corrected chi connectivity index (χ2v) is 6.28. The van der Waals surface area contributed by atoms with Gasteiger partial charge in [-0.2, -0.15) is 13.2 Å². The number of alkyl halides is 5. The molecule has 0 saturated carbocycles. The van der Waals surface area contributed by atoms with Crippen molar-refractivity contribution in [3.8, 4) is 5.75 Å². The van der Waals surface area contributed by atoms with E-state index in [2.05, 4.69) is 23.7 Å². The lowest BCUT2D eigenvalue weighted by Gasteiger charge is -2.46. The molecule has 0 spiro atoms. The molecule has 3 heterocycles. The molecule has 134 valence electrons. The van der Waals surface area contributed by atoms with Gasteiger partial charge in [0, 0.05) is 31.9 Å². The molecule has 3 rings (SSSR count). The van der Waals surface area contributed by atoms with E-state index in [4.69, 9.17) is 4.74 Å². The van der Waals surface area contributed by atoms with E-state index >= 15 is 0 Å². The normalized spacial score (nSPS) is 21.7. The number of piperazine rings is 1. The molecule has 0 aliphatic carbocycles. The molecule has 4 nitrogen and oxygen atoms in total. The molecule has 24 heavy (non-hydrogen) atoms. The Morgan fingerprint density at radius 2 is 1.96 bits per heavy atom. The zero-order valence-electron chi connectivity index (χ0n) is 13.3. The third-order valence-electron chi connectivity index (χ3n) is 4.51. The van der Waals surface area contributed by atoms with Crippen molar-refractivity contribution in [2.75, 3.05) is 31.1 Å². The average molecular weight is 351 g/mol. The quantitative estimate of drug-likeness (QED) is 0.765. The van der Waals surface area contributed by atoms with E-state index in [0.29, 0.717) is 31.9 Å². The van der Waals surface area contributed by atoms with Crippen molar-refractivity contribution in [2.24, 2.45) is 0 Å². The van der Waals surface area contributed by atoms with E-state index in [1.54, 1.807) is 4.90 Å². The molecular formula is C15H18F5N3O. The topological polar surface area (TPSA) is 28.6 Å². The van der Waals surface area contributed by atoms with Crippen LogP contribution in [0.15, 0.2) is 6.20 Å². The third kappa shape index (κ3) is 2.89. The highest BCUT2D eigenvalue weighted by Crippen LogP contribution is 2.46. The van der Waals surface area contributed by atoms with E-state index in [-0.39, 0.29) is 18.5 Å². The van der Waals surface area contributed by atoms with Crippen LogP contribution in [0, 0.1) is 0 Å². The van der Waals surface area contributed by atoms with Crippen LogP contribution in [0.5, 0.6) is 5.75 Å².